The minimum absolute atomic E-state index is 0.329. The highest BCUT2D eigenvalue weighted by molar-refractivity contribution is 9.10. The molecule has 0 aromatic carbocycles. The predicted molar refractivity (Wildman–Crippen MR) is 102 cm³/mol. The van der Waals surface area contributed by atoms with E-state index in [1.165, 1.54) is 0 Å². The average Bonchev–Trinajstić information content (AvgIpc) is 3.15. The number of rotatable bonds is 6. The van der Waals surface area contributed by atoms with E-state index in [-0.39, 0.29) is 6.04 Å². The molecule has 0 amide bonds. The van der Waals surface area contributed by atoms with Gasteiger partial charge in [0.1, 0.15) is 10.9 Å². The van der Waals surface area contributed by atoms with Gasteiger partial charge in [-0.3, -0.25) is 0 Å². The molecule has 0 bridgehead atoms. The molecular formula is C16H17BrClN3O2S. The van der Waals surface area contributed by atoms with Crippen molar-refractivity contribution in [2.75, 3.05) is 5.32 Å². The fourth-order valence-electron chi connectivity index (χ4n) is 2.30. The van der Waals surface area contributed by atoms with Gasteiger partial charge in [-0.2, -0.15) is 0 Å². The number of furan rings is 1. The van der Waals surface area contributed by atoms with E-state index in [1.54, 1.807) is 30.6 Å². The largest absolute Gasteiger partial charge is 0.467 e. The molecule has 3 aromatic rings. The number of thiophene rings is 1. The van der Waals surface area contributed by atoms with Crippen molar-refractivity contribution in [3.8, 4) is 0 Å². The van der Waals surface area contributed by atoms with Crippen LogP contribution in [0.5, 0.6) is 0 Å². The fraction of sp³-hybridized carbons (Fsp3) is 0.312. The van der Waals surface area contributed by atoms with Crippen molar-refractivity contribution < 1.29 is 9.52 Å². The van der Waals surface area contributed by atoms with E-state index in [0.717, 1.165) is 31.0 Å². The molecule has 2 atom stereocenters. The third-order valence-electron chi connectivity index (χ3n) is 3.69. The lowest BCUT2D eigenvalue weighted by Crippen LogP contribution is -2.34. The molecule has 0 unspecified atom stereocenters. The highest BCUT2D eigenvalue weighted by Crippen LogP contribution is 2.40. The molecule has 3 heterocycles. The Kier molecular flexibility index (Phi) is 5.46. The lowest BCUT2D eigenvalue weighted by Gasteiger charge is -2.13. The fourth-order valence-corrected chi connectivity index (χ4v) is 4.51. The van der Waals surface area contributed by atoms with E-state index in [2.05, 4.69) is 26.2 Å². The third kappa shape index (κ3) is 3.75. The lowest BCUT2D eigenvalue weighted by molar-refractivity contribution is 0.163. The number of aliphatic hydroxyl groups is 1. The molecule has 24 heavy (non-hydrogen) atoms. The zero-order valence-corrected chi connectivity index (χ0v) is 16.1. The second-order valence-electron chi connectivity index (χ2n) is 5.55. The first-order valence-electron chi connectivity index (χ1n) is 7.43. The maximum absolute atomic E-state index is 9.64. The number of pyridine rings is 1. The van der Waals surface area contributed by atoms with Crippen LogP contribution in [0.25, 0.3) is 10.2 Å². The summed E-state index contributed by atoms with van der Waals surface area (Å²) in [5.41, 5.74) is 7.68. The summed E-state index contributed by atoms with van der Waals surface area (Å²) in [7, 11) is 0. The van der Waals surface area contributed by atoms with Gasteiger partial charge in [-0.05, 0) is 35.0 Å². The molecule has 4 N–H and O–H groups in total. The van der Waals surface area contributed by atoms with Crippen molar-refractivity contribution in [1.82, 2.24) is 4.98 Å². The van der Waals surface area contributed by atoms with Gasteiger partial charge >= 0.3 is 0 Å². The second-order valence-corrected chi connectivity index (χ2v) is 7.84. The molecule has 0 radical (unpaired) electrons. The molecule has 3 rings (SSSR count). The minimum Gasteiger partial charge on any atom is -0.467 e. The Morgan fingerprint density at radius 3 is 3.00 bits per heavy atom. The van der Waals surface area contributed by atoms with Crippen molar-refractivity contribution >= 4 is 54.8 Å². The molecule has 0 saturated carbocycles. The maximum Gasteiger partial charge on any atom is 0.131 e. The van der Waals surface area contributed by atoms with Crippen LogP contribution in [0.15, 0.2) is 33.4 Å². The van der Waals surface area contributed by atoms with Crippen LogP contribution in [-0.4, -0.2) is 22.2 Å². The summed E-state index contributed by atoms with van der Waals surface area (Å²) in [6.07, 6.45) is 1.63. The number of nitrogens with one attached hydrogen (secondary N) is 1. The molecule has 0 aliphatic heterocycles. The van der Waals surface area contributed by atoms with Crippen molar-refractivity contribution in [2.24, 2.45) is 5.73 Å². The third-order valence-corrected chi connectivity index (χ3v) is 6.24. The van der Waals surface area contributed by atoms with E-state index in [0.29, 0.717) is 18.1 Å². The zero-order chi connectivity index (χ0) is 17.3. The Labute approximate surface area is 157 Å². The van der Waals surface area contributed by atoms with Gasteiger partial charge in [0.25, 0.3) is 0 Å². The van der Waals surface area contributed by atoms with Crippen LogP contribution in [0.1, 0.15) is 17.6 Å². The number of aliphatic hydroxyl groups excluding tert-OH is 1. The monoisotopic (exact) mass is 429 g/mol. The quantitative estimate of drug-likeness (QED) is 0.511. The maximum atomic E-state index is 9.64. The minimum atomic E-state index is -0.574. The molecule has 0 aliphatic carbocycles. The van der Waals surface area contributed by atoms with Gasteiger partial charge < -0.3 is 20.6 Å². The molecule has 8 heteroatoms. The number of anilines is 1. The summed E-state index contributed by atoms with van der Waals surface area (Å²) in [5, 5.41) is 13.4. The smallest absolute Gasteiger partial charge is 0.131 e. The number of fused-ring (bicyclic) bond motifs is 1. The molecule has 0 saturated heterocycles. The highest BCUT2D eigenvalue weighted by atomic mass is 79.9. The number of hydrogen-bond acceptors (Lipinski definition) is 6. The molecule has 0 aliphatic rings. The molecule has 5 nitrogen and oxygen atoms in total. The first kappa shape index (κ1) is 17.7. The number of aromatic nitrogens is 1. The van der Waals surface area contributed by atoms with Crippen molar-refractivity contribution in [3.05, 3.63) is 44.7 Å². The van der Waals surface area contributed by atoms with Crippen LogP contribution in [0.4, 0.5) is 5.69 Å². The summed E-state index contributed by atoms with van der Waals surface area (Å²) in [5.74, 6) is 0.836. The summed E-state index contributed by atoms with van der Waals surface area (Å²) >= 11 is 11.3. The van der Waals surface area contributed by atoms with Gasteiger partial charge in [0.15, 0.2) is 0 Å². The van der Waals surface area contributed by atoms with E-state index < -0.39 is 6.10 Å². The Morgan fingerprint density at radius 1 is 1.54 bits per heavy atom. The summed E-state index contributed by atoms with van der Waals surface area (Å²) in [6, 6.07) is 5.23. The van der Waals surface area contributed by atoms with Gasteiger partial charge in [-0.15, -0.1) is 11.3 Å². The normalized spacial score (nSPS) is 14.0. The second kappa shape index (κ2) is 7.41. The van der Waals surface area contributed by atoms with E-state index in [4.69, 9.17) is 21.8 Å². The zero-order valence-electron chi connectivity index (χ0n) is 12.9. The highest BCUT2D eigenvalue weighted by Gasteiger charge is 2.19. The Morgan fingerprint density at radius 2 is 2.33 bits per heavy atom. The first-order valence-corrected chi connectivity index (χ1v) is 9.41. The molecule has 0 fully saturated rings. The molecule has 128 valence electrons. The topological polar surface area (TPSA) is 84.3 Å². The Bertz CT molecular complexity index is 836. The van der Waals surface area contributed by atoms with Crippen LogP contribution in [0, 0.1) is 0 Å². The van der Waals surface area contributed by atoms with E-state index in [1.807, 2.05) is 12.1 Å². The van der Waals surface area contributed by atoms with Gasteiger partial charge in [-0.25, -0.2) is 4.98 Å². The summed E-state index contributed by atoms with van der Waals surface area (Å²) < 4.78 is 7.21. The van der Waals surface area contributed by atoms with Crippen LogP contribution in [0.2, 0.25) is 5.15 Å². The number of nitrogens with two attached hydrogens (primary N) is 1. The Hall–Kier alpha value is -1.12. The van der Waals surface area contributed by atoms with Crippen molar-refractivity contribution in [1.29, 1.82) is 0 Å². The van der Waals surface area contributed by atoms with Crippen LogP contribution in [0.3, 0.4) is 0 Å². The van der Waals surface area contributed by atoms with Crippen molar-refractivity contribution in [3.63, 3.8) is 0 Å². The number of halogens is 2. The van der Waals surface area contributed by atoms with Crippen LogP contribution >= 0.6 is 38.9 Å². The number of nitrogens with zero attached hydrogens (tertiary/aromatic N) is 1. The van der Waals surface area contributed by atoms with E-state index >= 15 is 0 Å². The molecule has 3 aromatic heterocycles. The van der Waals surface area contributed by atoms with Crippen LogP contribution in [-0.2, 0) is 13.0 Å². The van der Waals surface area contributed by atoms with Gasteiger partial charge in [-0.1, -0.05) is 11.6 Å². The van der Waals surface area contributed by atoms with Crippen molar-refractivity contribution in [2.45, 2.75) is 32.0 Å². The summed E-state index contributed by atoms with van der Waals surface area (Å²) in [4.78, 5) is 5.45. The standard InChI is InChI=1S/C16H17BrClN3O2S/c1-8(22)10(19)5-12-14(17)15-16(24-12)11(6-13(18)21-15)20-7-9-3-2-4-23-9/h2-4,6,8,10,22H,5,7,19H2,1H3,(H,20,21)/t8-,10-/m1/s1. The van der Waals surface area contributed by atoms with E-state index in [9.17, 15) is 5.11 Å². The predicted octanol–water partition coefficient (Wildman–Crippen LogP) is 4.17. The SMILES string of the molecule is C[C@@H](O)[C@H](N)Cc1sc2c(NCc3ccco3)cc(Cl)nc2c1Br. The van der Waals surface area contributed by atoms with Gasteiger partial charge in [0.05, 0.1) is 39.3 Å². The molecule has 0 spiro atoms. The van der Waals surface area contributed by atoms with Crippen LogP contribution < -0.4 is 11.1 Å². The summed E-state index contributed by atoms with van der Waals surface area (Å²) in [6.45, 7) is 2.25. The van der Waals surface area contributed by atoms with Gasteiger partial charge in [0, 0.05) is 23.4 Å². The average molecular weight is 431 g/mol. The van der Waals surface area contributed by atoms with Gasteiger partial charge in [0.2, 0.25) is 0 Å². The first-order chi connectivity index (χ1) is 11.5. The number of hydrogen-bond donors (Lipinski definition) is 3. The molecular weight excluding hydrogens is 414 g/mol. The Balaban J connectivity index is 1.94. The lowest BCUT2D eigenvalue weighted by atomic mass is 10.1.